The van der Waals surface area contributed by atoms with E-state index in [1.807, 2.05) is 6.92 Å². The van der Waals surface area contributed by atoms with Gasteiger partial charge in [0, 0.05) is 11.3 Å². The quantitative estimate of drug-likeness (QED) is 0.660. The van der Waals surface area contributed by atoms with Crippen LogP contribution in [0, 0.1) is 12.7 Å². The Kier molecular flexibility index (Phi) is 5.43. The van der Waals surface area contributed by atoms with Crippen LogP contribution in [-0.2, 0) is 11.2 Å². The lowest BCUT2D eigenvalue weighted by Crippen LogP contribution is -2.09. The van der Waals surface area contributed by atoms with Crippen LogP contribution < -0.4 is 5.32 Å². The van der Waals surface area contributed by atoms with Crippen LogP contribution in [0.1, 0.15) is 35.5 Å². The van der Waals surface area contributed by atoms with Gasteiger partial charge in [-0.05, 0) is 30.7 Å². The molecule has 0 aliphatic heterocycles. The number of aromatic nitrogens is 1. The van der Waals surface area contributed by atoms with Crippen LogP contribution in [0.5, 0.6) is 0 Å². The molecule has 2 aromatic heterocycles. The first kappa shape index (κ1) is 18.2. The van der Waals surface area contributed by atoms with Gasteiger partial charge in [0.1, 0.15) is 10.7 Å². The van der Waals surface area contributed by atoms with E-state index >= 15 is 0 Å². The second kappa shape index (κ2) is 7.76. The van der Waals surface area contributed by atoms with Crippen molar-refractivity contribution in [2.75, 3.05) is 12.4 Å². The van der Waals surface area contributed by atoms with Crippen LogP contribution in [0.3, 0.4) is 0 Å². The number of benzene rings is 1. The molecule has 0 bridgehead atoms. The van der Waals surface area contributed by atoms with Crippen LogP contribution >= 0.6 is 22.7 Å². The summed E-state index contributed by atoms with van der Waals surface area (Å²) in [6.45, 7) is 1.82. The zero-order valence-corrected chi connectivity index (χ0v) is 15.7. The highest BCUT2D eigenvalue weighted by Crippen LogP contribution is 2.27. The number of hydrogen-bond donors (Lipinski definition) is 1. The van der Waals surface area contributed by atoms with E-state index in [9.17, 15) is 14.0 Å². The third kappa shape index (κ3) is 3.97. The normalized spacial score (nSPS) is 10.6. The summed E-state index contributed by atoms with van der Waals surface area (Å²) in [5, 5.41) is 3.16. The van der Waals surface area contributed by atoms with Crippen molar-refractivity contribution in [3.05, 3.63) is 68.1 Å². The fourth-order valence-electron chi connectivity index (χ4n) is 2.29. The highest BCUT2D eigenvalue weighted by molar-refractivity contribution is 7.17. The zero-order valence-electron chi connectivity index (χ0n) is 14.0. The molecular formula is C18H15FN2O3S2. The summed E-state index contributed by atoms with van der Waals surface area (Å²) in [5.74, 6) is -1.09. The lowest BCUT2D eigenvalue weighted by atomic mass is 10.1. The summed E-state index contributed by atoms with van der Waals surface area (Å²) >= 11 is 2.36. The van der Waals surface area contributed by atoms with Gasteiger partial charge in [-0.1, -0.05) is 18.2 Å². The number of thiazole rings is 1. The summed E-state index contributed by atoms with van der Waals surface area (Å²) < 4.78 is 18.5. The Bertz CT molecular complexity index is 965. The molecule has 8 heteroatoms. The molecule has 0 aliphatic carbocycles. The smallest absolute Gasteiger partial charge is 0.348 e. The molecule has 26 heavy (non-hydrogen) atoms. The number of thiophene rings is 1. The van der Waals surface area contributed by atoms with Gasteiger partial charge in [-0.15, -0.1) is 22.7 Å². The molecule has 1 amide bonds. The van der Waals surface area contributed by atoms with Gasteiger partial charge in [0.15, 0.2) is 5.13 Å². The molecule has 0 atom stereocenters. The third-order valence-corrected chi connectivity index (χ3v) is 5.78. The van der Waals surface area contributed by atoms with E-state index in [0.29, 0.717) is 26.9 Å². The number of amides is 1. The first-order valence-electron chi connectivity index (χ1n) is 7.67. The number of carbonyl (C=O) groups excluding carboxylic acids is 2. The average Bonchev–Trinajstić information content (AvgIpc) is 3.24. The summed E-state index contributed by atoms with van der Waals surface area (Å²) in [5.41, 5.74) is 1.33. The van der Waals surface area contributed by atoms with Gasteiger partial charge in [-0.25, -0.2) is 14.2 Å². The molecule has 3 aromatic rings. The predicted molar refractivity (Wildman–Crippen MR) is 99.7 cm³/mol. The second-order valence-corrected chi connectivity index (χ2v) is 7.57. The van der Waals surface area contributed by atoms with Crippen molar-refractivity contribution in [2.24, 2.45) is 0 Å². The van der Waals surface area contributed by atoms with Gasteiger partial charge in [-0.2, -0.15) is 0 Å². The average molecular weight is 390 g/mol. The number of nitrogens with one attached hydrogen (secondary N) is 1. The molecule has 134 valence electrons. The molecule has 3 rings (SSSR count). The van der Waals surface area contributed by atoms with Crippen molar-refractivity contribution in [3.63, 3.8) is 0 Å². The summed E-state index contributed by atoms with van der Waals surface area (Å²) in [7, 11) is 1.29. The van der Waals surface area contributed by atoms with Crippen LogP contribution in [0.15, 0.2) is 36.4 Å². The van der Waals surface area contributed by atoms with Crippen molar-refractivity contribution < 1.29 is 18.7 Å². The van der Waals surface area contributed by atoms with Gasteiger partial charge in [0.2, 0.25) is 0 Å². The summed E-state index contributed by atoms with van der Waals surface area (Å²) in [6, 6.07) is 9.69. The maximum Gasteiger partial charge on any atom is 0.348 e. The Balaban J connectivity index is 1.73. The number of carbonyl (C=O) groups is 2. The third-order valence-electron chi connectivity index (χ3n) is 3.64. The Hall–Kier alpha value is -2.58. The van der Waals surface area contributed by atoms with E-state index in [4.69, 9.17) is 0 Å². The highest BCUT2D eigenvalue weighted by atomic mass is 32.1. The van der Waals surface area contributed by atoms with Gasteiger partial charge < -0.3 is 4.74 Å². The minimum absolute atomic E-state index is 0.264. The molecule has 0 aliphatic rings. The highest BCUT2D eigenvalue weighted by Gasteiger charge is 2.17. The maximum atomic E-state index is 13.8. The number of anilines is 1. The molecule has 0 unspecified atom stereocenters. The first-order valence-corrected chi connectivity index (χ1v) is 9.30. The van der Waals surface area contributed by atoms with Crippen LogP contribution in [-0.4, -0.2) is 24.0 Å². The number of hydrogen-bond acceptors (Lipinski definition) is 6. The number of esters is 1. The molecule has 1 N–H and O–H groups in total. The van der Waals surface area contributed by atoms with Crippen molar-refractivity contribution in [2.45, 2.75) is 13.3 Å². The fraction of sp³-hybridized carbons (Fsp3) is 0.167. The minimum Gasteiger partial charge on any atom is -0.465 e. The molecule has 0 fully saturated rings. The van der Waals surface area contributed by atoms with Gasteiger partial charge in [0.05, 0.1) is 17.7 Å². The van der Waals surface area contributed by atoms with Crippen LogP contribution in [0.4, 0.5) is 9.52 Å². The molecule has 5 nitrogen and oxygen atoms in total. The topological polar surface area (TPSA) is 68.3 Å². The molecule has 0 saturated carbocycles. The van der Waals surface area contributed by atoms with E-state index in [1.54, 1.807) is 30.3 Å². The summed E-state index contributed by atoms with van der Waals surface area (Å²) in [4.78, 5) is 29.8. The number of aryl methyl sites for hydroxylation is 1. The Morgan fingerprint density at radius 2 is 1.88 bits per heavy atom. The zero-order chi connectivity index (χ0) is 18.7. The van der Waals surface area contributed by atoms with Crippen LogP contribution in [0.25, 0.3) is 0 Å². The van der Waals surface area contributed by atoms with E-state index in [1.165, 1.54) is 24.5 Å². The largest absolute Gasteiger partial charge is 0.465 e. The van der Waals surface area contributed by atoms with Crippen molar-refractivity contribution in [1.29, 1.82) is 0 Å². The monoisotopic (exact) mass is 390 g/mol. The molecule has 0 radical (unpaired) electrons. The number of rotatable bonds is 5. The Morgan fingerprint density at radius 3 is 2.62 bits per heavy atom. The SMILES string of the molecule is COC(=O)c1ccc(C(=O)Nc2nc(C)c(Cc3ccccc3F)s2)s1. The van der Waals surface area contributed by atoms with Gasteiger partial charge in [-0.3, -0.25) is 10.1 Å². The van der Waals surface area contributed by atoms with Crippen molar-refractivity contribution >= 4 is 39.7 Å². The molecule has 1 aromatic carbocycles. The van der Waals surface area contributed by atoms with Crippen LogP contribution in [0.2, 0.25) is 0 Å². The lowest BCUT2D eigenvalue weighted by Gasteiger charge is -2.01. The standard InChI is InChI=1S/C18H15FN2O3S2/c1-10-15(9-11-5-3-4-6-12(11)19)26-18(20-10)21-16(22)13-7-8-14(25-13)17(23)24-2/h3-8H,9H2,1-2H3,(H,20,21,22). The van der Waals surface area contributed by atoms with Crippen molar-refractivity contribution in [3.8, 4) is 0 Å². The second-order valence-electron chi connectivity index (χ2n) is 5.41. The van der Waals surface area contributed by atoms with E-state index < -0.39 is 5.97 Å². The maximum absolute atomic E-state index is 13.8. The lowest BCUT2D eigenvalue weighted by molar-refractivity contribution is 0.0606. The predicted octanol–water partition coefficient (Wildman–Crippen LogP) is 4.28. The first-order chi connectivity index (χ1) is 12.5. The fourth-order valence-corrected chi connectivity index (χ4v) is 4.09. The number of methoxy groups -OCH3 is 1. The van der Waals surface area contributed by atoms with Gasteiger partial charge >= 0.3 is 5.97 Å². The Morgan fingerprint density at radius 1 is 1.15 bits per heavy atom. The van der Waals surface area contributed by atoms with E-state index in [2.05, 4.69) is 15.0 Å². The number of nitrogens with zero attached hydrogens (tertiary/aromatic N) is 1. The van der Waals surface area contributed by atoms with Gasteiger partial charge in [0.25, 0.3) is 5.91 Å². The minimum atomic E-state index is -0.480. The Labute approximate surface area is 157 Å². The van der Waals surface area contributed by atoms with Crippen molar-refractivity contribution in [1.82, 2.24) is 4.98 Å². The number of halogens is 1. The summed E-state index contributed by atoms with van der Waals surface area (Å²) in [6.07, 6.45) is 0.414. The van der Waals surface area contributed by atoms with E-state index in [-0.39, 0.29) is 11.7 Å². The molecular weight excluding hydrogens is 375 g/mol. The van der Waals surface area contributed by atoms with E-state index in [0.717, 1.165) is 21.9 Å². The molecule has 2 heterocycles. The molecule has 0 saturated heterocycles. The molecule has 0 spiro atoms. The number of ether oxygens (including phenoxy) is 1.